The number of sulfonamides is 1. The number of hydrogen-bond acceptors (Lipinski definition) is 5. The number of aliphatic carboxylic acids is 1. The van der Waals surface area contributed by atoms with E-state index in [2.05, 4.69) is 5.32 Å². The van der Waals surface area contributed by atoms with Gasteiger partial charge in [0.25, 0.3) is 0 Å². The minimum absolute atomic E-state index is 0.0377. The zero-order chi connectivity index (χ0) is 19.3. The Morgan fingerprint density at radius 2 is 2.00 bits per heavy atom. The van der Waals surface area contributed by atoms with Crippen molar-refractivity contribution >= 4 is 27.6 Å². The standard InChI is InChI=1S/C17H25N3O5S/c1-3-20(4-2)26(24,25)14-8-5-7-13(11-14)18-16(21)12-19-10-6-9-15(19)17(22)23/h5,7-8,11,15H,3-4,6,9-10,12H2,1-2H3,(H,18,21)(H,22,23). The molecule has 1 unspecified atom stereocenters. The summed E-state index contributed by atoms with van der Waals surface area (Å²) in [6.45, 7) is 4.77. The second-order valence-electron chi connectivity index (χ2n) is 6.13. The maximum Gasteiger partial charge on any atom is 0.320 e. The third-order valence-electron chi connectivity index (χ3n) is 4.46. The van der Waals surface area contributed by atoms with Crippen molar-refractivity contribution in [3.8, 4) is 0 Å². The summed E-state index contributed by atoms with van der Waals surface area (Å²) in [6.07, 6.45) is 1.27. The number of amides is 1. The van der Waals surface area contributed by atoms with Gasteiger partial charge in [0.1, 0.15) is 6.04 Å². The van der Waals surface area contributed by atoms with Gasteiger partial charge in [0.2, 0.25) is 15.9 Å². The van der Waals surface area contributed by atoms with Crippen LogP contribution in [-0.2, 0) is 19.6 Å². The fraction of sp³-hybridized carbons (Fsp3) is 0.529. The number of hydrogen-bond donors (Lipinski definition) is 2. The summed E-state index contributed by atoms with van der Waals surface area (Å²) in [5, 5.41) is 11.8. The molecule has 0 bridgehead atoms. The van der Waals surface area contributed by atoms with Gasteiger partial charge in [-0.25, -0.2) is 8.42 Å². The first-order chi connectivity index (χ1) is 12.3. The molecule has 0 saturated carbocycles. The largest absolute Gasteiger partial charge is 0.480 e. The number of carbonyl (C=O) groups excluding carboxylic acids is 1. The van der Waals surface area contributed by atoms with Gasteiger partial charge in [-0.2, -0.15) is 4.31 Å². The van der Waals surface area contributed by atoms with E-state index in [1.165, 1.54) is 16.4 Å². The van der Waals surface area contributed by atoms with Gasteiger partial charge in [0, 0.05) is 18.8 Å². The summed E-state index contributed by atoms with van der Waals surface area (Å²) in [5.74, 6) is -1.29. The van der Waals surface area contributed by atoms with E-state index in [1.54, 1.807) is 30.9 Å². The maximum atomic E-state index is 12.6. The molecule has 1 saturated heterocycles. The Morgan fingerprint density at radius 1 is 1.31 bits per heavy atom. The number of carbonyl (C=O) groups is 2. The first-order valence-electron chi connectivity index (χ1n) is 8.66. The number of carboxylic acid groups (broad SMARTS) is 1. The summed E-state index contributed by atoms with van der Waals surface area (Å²) in [7, 11) is -3.61. The fourth-order valence-corrected chi connectivity index (χ4v) is 4.63. The van der Waals surface area contributed by atoms with Crippen LogP contribution < -0.4 is 5.32 Å². The molecule has 0 spiro atoms. The molecule has 1 atom stereocenters. The summed E-state index contributed by atoms with van der Waals surface area (Å²) in [4.78, 5) is 25.2. The lowest BCUT2D eigenvalue weighted by atomic mass is 10.2. The maximum absolute atomic E-state index is 12.6. The van der Waals surface area contributed by atoms with Gasteiger partial charge >= 0.3 is 5.97 Å². The van der Waals surface area contributed by atoms with Crippen molar-refractivity contribution in [2.75, 3.05) is 31.5 Å². The van der Waals surface area contributed by atoms with Gasteiger partial charge in [-0.15, -0.1) is 0 Å². The van der Waals surface area contributed by atoms with Crippen LogP contribution in [0.1, 0.15) is 26.7 Å². The number of carboxylic acids is 1. The van der Waals surface area contributed by atoms with Crippen molar-refractivity contribution in [2.45, 2.75) is 37.6 Å². The van der Waals surface area contributed by atoms with Crippen molar-refractivity contribution in [1.82, 2.24) is 9.21 Å². The molecule has 26 heavy (non-hydrogen) atoms. The van der Waals surface area contributed by atoms with Gasteiger partial charge < -0.3 is 10.4 Å². The minimum Gasteiger partial charge on any atom is -0.480 e. The van der Waals surface area contributed by atoms with Gasteiger partial charge in [0.15, 0.2) is 0 Å². The molecule has 1 aliphatic rings. The molecule has 1 aliphatic heterocycles. The molecule has 8 nitrogen and oxygen atoms in total. The van der Waals surface area contributed by atoms with Crippen molar-refractivity contribution in [3.63, 3.8) is 0 Å². The molecule has 1 fully saturated rings. The molecule has 2 N–H and O–H groups in total. The third kappa shape index (κ3) is 4.60. The topological polar surface area (TPSA) is 107 Å². The lowest BCUT2D eigenvalue weighted by Crippen LogP contribution is -2.40. The van der Waals surface area contributed by atoms with E-state index in [4.69, 9.17) is 5.11 Å². The average Bonchev–Trinajstić information content (AvgIpc) is 3.04. The fourth-order valence-electron chi connectivity index (χ4n) is 3.13. The molecule has 1 heterocycles. The van der Waals surface area contributed by atoms with E-state index in [0.29, 0.717) is 31.7 Å². The first kappa shape index (κ1) is 20.3. The van der Waals surface area contributed by atoms with Crippen LogP contribution in [0.3, 0.4) is 0 Å². The number of benzene rings is 1. The highest BCUT2D eigenvalue weighted by atomic mass is 32.2. The van der Waals surface area contributed by atoms with Gasteiger partial charge in [-0.3, -0.25) is 14.5 Å². The monoisotopic (exact) mass is 383 g/mol. The Labute approximate surface area is 153 Å². The Hall–Kier alpha value is -1.97. The van der Waals surface area contributed by atoms with Gasteiger partial charge in [-0.1, -0.05) is 19.9 Å². The van der Waals surface area contributed by atoms with E-state index in [9.17, 15) is 18.0 Å². The van der Waals surface area contributed by atoms with Crippen molar-refractivity contribution in [2.24, 2.45) is 0 Å². The third-order valence-corrected chi connectivity index (χ3v) is 6.50. The molecule has 9 heteroatoms. The van der Waals surface area contributed by atoms with E-state index in [0.717, 1.165) is 6.42 Å². The molecular weight excluding hydrogens is 358 g/mol. The first-order valence-corrected chi connectivity index (χ1v) is 10.1. The number of rotatable bonds is 8. The molecular formula is C17H25N3O5S. The molecule has 0 aromatic heterocycles. The van der Waals surface area contributed by atoms with Crippen LogP contribution in [0.15, 0.2) is 29.2 Å². The molecule has 2 rings (SSSR count). The van der Waals surface area contributed by atoms with Crippen LogP contribution >= 0.6 is 0 Å². The quantitative estimate of drug-likeness (QED) is 0.699. The zero-order valence-corrected chi connectivity index (χ0v) is 15.8. The number of anilines is 1. The second kappa shape index (κ2) is 8.61. The summed E-state index contributed by atoms with van der Waals surface area (Å²) >= 11 is 0. The highest BCUT2D eigenvalue weighted by molar-refractivity contribution is 7.89. The molecule has 0 radical (unpaired) electrons. The van der Waals surface area contributed by atoms with E-state index < -0.39 is 22.0 Å². The van der Waals surface area contributed by atoms with Crippen molar-refractivity contribution < 1.29 is 23.1 Å². The number of nitrogens with zero attached hydrogens (tertiary/aromatic N) is 2. The summed E-state index contributed by atoms with van der Waals surface area (Å²) in [6, 6.07) is 5.45. The van der Waals surface area contributed by atoms with Crippen LogP contribution in [0, 0.1) is 0 Å². The summed E-state index contributed by atoms with van der Waals surface area (Å²) < 4.78 is 26.5. The normalized spacial score (nSPS) is 18.2. The van der Waals surface area contributed by atoms with Gasteiger partial charge in [0.05, 0.1) is 11.4 Å². The van der Waals surface area contributed by atoms with Crippen molar-refractivity contribution in [3.05, 3.63) is 24.3 Å². The summed E-state index contributed by atoms with van der Waals surface area (Å²) in [5.41, 5.74) is 0.370. The highest BCUT2D eigenvalue weighted by Crippen LogP contribution is 2.20. The molecule has 1 aromatic rings. The lowest BCUT2D eigenvalue weighted by Gasteiger charge is -2.21. The van der Waals surface area contributed by atoms with E-state index in [-0.39, 0.29) is 17.3 Å². The smallest absolute Gasteiger partial charge is 0.320 e. The Morgan fingerprint density at radius 3 is 2.62 bits per heavy atom. The number of nitrogens with one attached hydrogen (secondary N) is 1. The SMILES string of the molecule is CCN(CC)S(=O)(=O)c1cccc(NC(=O)CN2CCCC2C(=O)O)c1. The Balaban J connectivity index is 2.09. The predicted octanol–water partition coefficient (Wildman–Crippen LogP) is 1.20. The van der Waals surface area contributed by atoms with Gasteiger partial charge in [-0.05, 0) is 37.6 Å². The molecule has 1 amide bonds. The second-order valence-corrected chi connectivity index (χ2v) is 8.07. The molecule has 144 valence electrons. The van der Waals surface area contributed by atoms with Crippen LogP contribution in [0.4, 0.5) is 5.69 Å². The Bertz CT molecular complexity index is 761. The highest BCUT2D eigenvalue weighted by Gasteiger charge is 2.31. The zero-order valence-electron chi connectivity index (χ0n) is 15.0. The van der Waals surface area contributed by atoms with Crippen LogP contribution in [0.2, 0.25) is 0 Å². The van der Waals surface area contributed by atoms with Crippen LogP contribution in [0.25, 0.3) is 0 Å². The van der Waals surface area contributed by atoms with Crippen molar-refractivity contribution in [1.29, 1.82) is 0 Å². The Kier molecular flexibility index (Phi) is 6.74. The average molecular weight is 383 g/mol. The minimum atomic E-state index is -3.61. The predicted molar refractivity (Wildman–Crippen MR) is 97.4 cm³/mol. The van der Waals surface area contributed by atoms with Crippen LogP contribution in [-0.4, -0.2) is 66.8 Å². The number of likely N-dealkylation sites (tertiary alicyclic amines) is 1. The lowest BCUT2D eigenvalue weighted by molar-refractivity contribution is -0.142. The van der Waals surface area contributed by atoms with Crippen LogP contribution in [0.5, 0.6) is 0 Å². The molecule has 0 aliphatic carbocycles. The van der Waals surface area contributed by atoms with E-state index in [1.807, 2.05) is 0 Å². The molecule has 1 aromatic carbocycles. The van der Waals surface area contributed by atoms with E-state index >= 15 is 0 Å².